The SMILES string of the molecule is CN(C)C(=O)CN(C)S(=O)(=O)N1CCCCC1. The maximum atomic E-state index is 12.1. The van der Waals surface area contributed by atoms with Crippen LogP contribution in [0.25, 0.3) is 0 Å². The van der Waals surface area contributed by atoms with E-state index in [1.807, 2.05) is 0 Å². The lowest BCUT2D eigenvalue weighted by Gasteiger charge is -2.30. The predicted molar refractivity (Wildman–Crippen MR) is 65.7 cm³/mol. The maximum absolute atomic E-state index is 12.1. The fraction of sp³-hybridized carbons (Fsp3) is 0.900. The van der Waals surface area contributed by atoms with Crippen LogP contribution in [0.3, 0.4) is 0 Å². The third-order valence-electron chi connectivity index (χ3n) is 2.89. The average molecular weight is 263 g/mol. The van der Waals surface area contributed by atoms with Crippen molar-refractivity contribution in [2.24, 2.45) is 0 Å². The Morgan fingerprint density at radius 2 is 1.65 bits per heavy atom. The summed E-state index contributed by atoms with van der Waals surface area (Å²) in [7, 11) is 1.21. The monoisotopic (exact) mass is 263 g/mol. The number of carbonyl (C=O) groups excluding carboxylic acids is 1. The molecule has 1 saturated heterocycles. The van der Waals surface area contributed by atoms with Gasteiger partial charge in [-0.05, 0) is 12.8 Å². The van der Waals surface area contributed by atoms with Crippen molar-refractivity contribution in [3.8, 4) is 0 Å². The highest BCUT2D eigenvalue weighted by atomic mass is 32.2. The minimum absolute atomic E-state index is 0.105. The van der Waals surface area contributed by atoms with Gasteiger partial charge in [-0.2, -0.15) is 17.0 Å². The molecule has 0 aromatic heterocycles. The summed E-state index contributed by atoms with van der Waals surface area (Å²) in [5, 5.41) is 0. The molecule has 0 N–H and O–H groups in total. The van der Waals surface area contributed by atoms with Gasteiger partial charge >= 0.3 is 0 Å². The predicted octanol–water partition coefficient (Wildman–Crippen LogP) is -0.263. The Kier molecular flexibility index (Phi) is 4.91. The molecule has 0 aliphatic carbocycles. The van der Waals surface area contributed by atoms with Crippen LogP contribution in [-0.2, 0) is 15.0 Å². The highest BCUT2D eigenvalue weighted by Gasteiger charge is 2.29. The normalized spacial score (nSPS) is 18.4. The Hall–Kier alpha value is -0.660. The van der Waals surface area contributed by atoms with E-state index in [2.05, 4.69) is 0 Å². The van der Waals surface area contributed by atoms with Crippen LogP contribution in [0.15, 0.2) is 0 Å². The molecule has 0 aromatic carbocycles. The van der Waals surface area contributed by atoms with Crippen LogP contribution in [0.2, 0.25) is 0 Å². The molecule has 1 aliphatic rings. The molecule has 0 spiro atoms. The van der Waals surface area contributed by atoms with E-state index in [0.717, 1.165) is 23.6 Å². The molecule has 0 atom stereocenters. The number of carbonyl (C=O) groups is 1. The molecule has 6 nitrogen and oxygen atoms in total. The average Bonchev–Trinajstić information content (AvgIpc) is 2.29. The minimum Gasteiger partial charge on any atom is -0.348 e. The zero-order valence-corrected chi connectivity index (χ0v) is 11.5. The van der Waals surface area contributed by atoms with Crippen LogP contribution in [0, 0.1) is 0 Å². The van der Waals surface area contributed by atoms with Gasteiger partial charge < -0.3 is 4.90 Å². The standard InChI is InChI=1S/C10H21N3O3S/c1-11(2)10(14)9-12(3)17(15,16)13-7-5-4-6-8-13/h4-9H2,1-3H3. The zero-order valence-electron chi connectivity index (χ0n) is 10.7. The zero-order chi connectivity index (χ0) is 13.1. The first-order valence-corrected chi connectivity index (χ1v) is 7.17. The van der Waals surface area contributed by atoms with Crippen molar-refractivity contribution in [1.82, 2.24) is 13.5 Å². The van der Waals surface area contributed by atoms with E-state index in [-0.39, 0.29) is 12.5 Å². The number of piperidine rings is 1. The lowest BCUT2D eigenvalue weighted by atomic mass is 10.2. The van der Waals surface area contributed by atoms with Gasteiger partial charge in [0.15, 0.2) is 0 Å². The van der Waals surface area contributed by atoms with Crippen LogP contribution in [0.1, 0.15) is 19.3 Å². The van der Waals surface area contributed by atoms with E-state index in [9.17, 15) is 13.2 Å². The van der Waals surface area contributed by atoms with Crippen LogP contribution in [0.5, 0.6) is 0 Å². The van der Waals surface area contributed by atoms with E-state index < -0.39 is 10.2 Å². The molecule has 1 heterocycles. The largest absolute Gasteiger partial charge is 0.348 e. The topological polar surface area (TPSA) is 60.9 Å². The van der Waals surface area contributed by atoms with Gasteiger partial charge in [0, 0.05) is 34.2 Å². The Labute approximate surface area is 103 Å². The van der Waals surface area contributed by atoms with Gasteiger partial charge in [0.2, 0.25) is 5.91 Å². The van der Waals surface area contributed by atoms with E-state index in [1.165, 1.54) is 16.3 Å². The summed E-state index contributed by atoms with van der Waals surface area (Å²) in [5.74, 6) is -0.215. The van der Waals surface area contributed by atoms with Crippen molar-refractivity contribution in [3.63, 3.8) is 0 Å². The fourth-order valence-electron chi connectivity index (χ4n) is 1.71. The molecule has 100 valence electrons. The second-order valence-electron chi connectivity index (χ2n) is 4.51. The quantitative estimate of drug-likeness (QED) is 0.702. The third-order valence-corrected chi connectivity index (χ3v) is 4.83. The number of nitrogens with zero attached hydrogens (tertiary/aromatic N) is 3. The molecule has 0 saturated carbocycles. The number of hydrogen-bond donors (Lipinski definition) is 0. The summed E-state index contributed by atoms with van der Waals surface area (Å²) < 4.78 is 26.8. The molecular weight excluding hydrogens is 242 g/mol. The van der Waals surface area contributed by atoms with Crippen molar-refractivity contribution in [1.29, 1.82) is 0 Å². The number of likely N-dealkylation sites (N-methyl/N-ethyl adjacent to an activating group) is 2. The molecule has 0 radical (unpaired) electrons. The van der Waals surface area contributed by atoms with Gasteiger partial charge in [-0.25, -0.2) is 0 Å². The summed E-state index contributed by atoms with van der Waals surface area (Å²) in [4.78, 5) is 12.9. The Morgan fingerprint density at radius 3 is 2.12 bits per heavy atom. The third kappa shape index (κ3) is 3.65. The van der Waals surface area contributed by atoms with Crippen LogP contribution < -0.4 is 0 Å². The van der Waals surface area contributed by atoms with Crippen molar-refractivity contribution in [3.05, 3.63) is 0 Å². The lowest BCUT2D eigenvalue weighted by molar-refractivity contribution is -0.128. The van der Waals surface area contributed by atoms with Gasteiger partial charge in [-0.3, -0.25) is 4.79 Å². The molecule has 17 heavy (non-hydrogen) atoms. The first kappa shape index (κ1) is 14.4. The molecule has 7 heteroatoms. The Morgan fingerprint density at radius 1 is 1.12 bits per heavy atom. The first-order valence-electron chi connectivity index (χ1n) is 5.77. The summed E-state index contributed by atoms with van der Waals surface area (Å²) in [6.07, 6.45) is 2.87. The van der Waals surface area contributed by atoms with Gasteiger partial charge in [0.25, 0.3) is 10.2 Å². The van der Waals surface area contributed by atoms with E-state index >= 15 is 0 Å². The van der Waals surface area contributed by atoms with Crippen molar-refractivity contribution >= 4 is 16.1 Å². The Bertz CT molecular complexity index is 361. The molecule has 1 amide bonds. The molecule has 1 aliphatic heterocycles. The van der Waals surface area contributed by atoms with Crippen molar-refractivity contribution in [2.45, 2.75) is 19.3 Å². The summed E-state index contributed by atoms with van der Waals surface area (Å²) in [6, 6.07) is 0. The number of hydrogen-bond acceptors (Lipinski definition) is 3. The van der Waals surface area contributed by atoms with E-state index in [1.54, 1.807) is 14.1 Å². The highest BCUT2D eigenvalue weighted by Crippen LogP contribution is 2.15. The van der Waals surface area contributed by atoms with Crippen LogP contribution in [0.4, 0.5) is 0 Å². The van der Waals surface area contributed by atoms with Crippen molar-refractivity contribution in [2.75, 3.05) is 40.8 Å². The van der Waals surface area contributed by atoms with E-state index in [0.29, 0.717) is 13.1 Å². The van der Waals surface area contributed by atoms with Crippen molar-refractivity contribution < 1.29 is 13.2 Å². The minimum atomic E-state index is -3.47. The van der Waals surface area contributed by atoms with E-state index in [4.69, 9.17) is 0 Å². The number of amides is 1. The second kappa shape index (κ2) is 5.79. The second-order valence-corrected chi connectivity index (χ2v) is 6.55. The summed E-state index contributed by atoms with van der Waals surface area (Å²) in [5.41, 5.74) is 0. The van der Waals surface area contributed by atoms with Gasteiger partial charge in [-0.15, -0.1) is 0 Å². The summed E-state index contributed by atoms with van der Waals surface area (Å²) in [6.45, 7) is 1.01. The highest BCUT2D eigenvalue weighted by molar-refractivity contribution is 7.86. The maximum Gasteiger partial charge on any atom is 0.282 e. The lowest BCUT2D eigenvalue weighted by Crippen LogP contribution is -2.47. The molecule has 0 unspecified atom stereocenters. The number of rotatable bonds is 4. The van der Waals surface area contributed by atoms with Crippen LogP contribution in [-0.4, -0.2) is 68.6 Å². The molecule has 0 bridgehead atoms. The Balaban J connectivity index is 2.65. The smallest absolute Gasteiger partial charge is 0.282 e. The first-order chi connectivity index (χ1) is 7.85. The summed E-state index contributed by atoms with van der Waals surface area (Å²) >= 11 is 0. The fourth-order valence-corrected chi connectivity index (χ4v) is 3.09. The molecule has 1 rings (SSSR count). The molecule has 1 fully saturated rings. The van der Waals surface area contributed by atoms with Gasteiger partial charge in [-0.1, -0.05) is 6.42 Å². The van der Waals surface area contributed by atoms with Gasteiger partial charge in [0.05, 0.1) is 6.54 Å². The molecule has 0 aromatic rings. The molecular formula is C10H21N3O3S. The van der Waals surface area contributed by atoms with Gasteiger partial charge in [0.1, 0.15) is 0 Å². The van der Waals surface area contributed by atoms with Crippen LogP contribution >= 0.6 is 0 Å².